The van der Waals surface area contributed by atoms with Crippen molar-refractivity contribution in [1.29, 1.82) is 0 Å². The summed E-state index contributed by atoms with van der Waals surface area (Å²) in [5.41, 5.74) is -0.212. The van der Waals surface area contributed by atoms with Crippen molar-refractivity contribution in [1.82, 2.24) is 4.98 Å². The first-order valence-corrected chi connectivity index (χ1v) is 5.45. The Balaban J connectivity index is 3.32. The van der Waals surface area contributed by atoms with Gasteiger partial charge in [0.25, 0.3) is 6.43 Å². The van der Waals surface area contributed by atoms with E-state index in [0.29, 0.717) is 0 Å². The number of carbonyl (C=O) groups is 1. The van der Waals surface area contributed by atoms with Crippen LogP contribution in [-0.4, -0.2) is 18.1 Å². The first-order chi connectivity index (χ1) is 7.51. The molecule has 0 aliphatic heterocycles. The van der Waals surface area contributed by atoms with Gasteiger partial charge in [0.1, 0.15) is 10.3 Å². The summed E-state index contributed by atoms with van der Waals surface area (Å²) in [6.07, 6.45) is -2.71. The number of hydrogen-bond donors (Lipinski definition) is 0. The van der Waals surface area contributed by atoms with Gasteiger partial charge in [-0.15, -0.1) is 11.6 Å². The van der Waals surface area contributed by atoms with E-state index < -0.39 is 12.4 Å². The highest BCUT2D eigenvalue weighted by molar-refractivity contribution is 9.10. The number of esters is 1. The van der Waals surface area contributed by atoms with Crippen LogP contribution in [0.3, 0.4) is 0 Å². The van der Waals surface area contributed by atoms with Gasteiger partial charge in [0.2, 0.25) is 0 Å². The fourth-order valence-electron chi connectivity index (χ4n) is 1.12. The molecule has 3 nitrogen and oxygen atoms in total. The Kier molecular flexibility index (Phi) is 4.61. The van der Waals surface area contributed by atoms with E-state index in [-0.39, 0.29) is 27.3 Å². The highest BCUT2D eigenvalue weighted by atomic mass is 79.9. The molecule has 0 bridgehead atoms. The van der Waals surface area contributed by atoms with Crippen LogP contribution in [0.2, 0.25) is 0 Å². The third-order valence-corrected chi connectivity index (χ3v) is 2.75. The summed E-state index contributed by atoms with van der Waals surface area (Å²) < 4.78 is 29.6. The molecule has 0 atom stereocenters. The van der Waals surface area contributed by atoms with E-state index in [1.54, 1.807) is 0 Å². The van der Waals surface area contributed by atoms with Crippen molar-refractivity contribution < 1.29 is 18.3 Å². The normalized spacial score (nSPS) is 10.6. The Labute approximate surface area is 104 Å². The smallest absolute Gasteiger partial charge is 0.356 e. The van der Waals surface area contributed by atoms with Crippen LogP contribution >= 0.6 is 27.5 Å². The molecule has 0 radical (unpaired) electrons. The second-order valence-corrected chi connectivity index (χ2v) is 3.82. The molecule has 1 rings (SSSR count). The molecule has 0 fully saturated rings. The third-order valence-electron chi connectivity index (χ3n) is 1.85. The maximum Gasteiger partial charge on any atom is 0.356 e. The molecule has 16 heavy (non-hydrogen) atoms. The molecule has 0 aromatic carbocycles. The monoisotopic (exact) mass is 313 g/mol. The third kappa shape index (κ3) is 2.68. The van der Waals surface area contributed by atoms with Gasteiger partial charge in [-0.3, -0.25) is 0 Å². The van der Waals surface area contributed by atoms with E-state index in [0.717, 1.165) is 0 Å². The summed E-state index contributed by atoms with van der Waals surface area (Å²) >= 11 is 8.41. The predicted octanol–water partition coefficient (Wildman–Crippen LogP) is 3.31. The van der Waals surface area contributed by atoms with Gasteiger partial charge >= 0.3 is 5.97 Å². The van der Waals surface area contributed by atoms with Crippen molar-refractivity contribution in [2.45, 2.75) is 12.3 Å². The fraction of sp³-hybridized carbons (Fsp3) is 0.333. The molecule has 0 spiro atoms. The number of methoxy groups -OCH3 is 1. The summed E-state index contributed by atoms with van der Waals surface area (Å²) in [6, 6.07) is 1.20. The summed E-state index contributed by atoms with van der Waals surface area (Å²) in [4.78, 5) is 14.9. The van der Waals surface area contributed by atoms with Crippen LogP contribution < -0.4 is 0 Å². The first kappa shape index (κ1) is 13.3. The average Bonchev–Trinajstić information content (AvgIpc) is 2.26. The molecular formula is C9H7BrClF2NO2. The number of pyridine rings is 1. The van der Waals surface area contributed by atoms with Gasteiger partial charge < -0.3 is 4.74 Å². The van der Waals surface area contributed by atoms with Crippen LogP contribution in [0.25, 0.3) is 0 Å². The zero-order chi connectivity index (χ0) is 12.3. The second kappa shape index (κ2) is 5.54. The first-order valence-electron chi connectivity index (χ1n) is 4.13. The van der Waals surface area contributed by atoms with Gasteiger partial charge in [-0.2, -0.15) is 0 Å². The number of rotatable bonds is 3. The lowest BCUT2D eigenvalue weighted by Gasteiger charge is -2.09. The molecule has 7 heteroatoms. The number of aromatic nitrogens is 1. The average molecular weight is 315 g/mol. The van der Waals surface area contributed by atoms with Crippen molar-refractivity contribution in [2.24, 2.45) is 0 Å². The standard InChI is InChI=1S/C9H7BrClF2NO2/c1-16-9(15)5-2-4(3-11)6(8(12)13)7(10)14-5/h2,8H,3H2,1H3. The molecular weight excluding hydrogens is 307 g/mol. The minimum atomic E-state index is -2.71. The lowest BCUT2D eigenvalue weighted by molar-refractivity contribution is 0.0593. The maximum atomic E-state index is 12.6. The molecule has 0 amide bonds. The van der Waals surface area contributed by atoms with Crippen LogP contribution in [0.5, 0.6) is 0 Å². The van der Waals surface area contributed by atoms with Gasteiger partial charge in [-0.1, -0.05) is 0 Å². The topological polar surface area (TPSA) is 39.2 Å². The Morgan fingerprint density at radius 2 is 2.31 bits per heavy atom. The van der Waals surface area contributed by atoms with Gasteiger partial charge in [0.05, 0.1) is 12.7 Å². The Bertz CT molecular complexity index is 415. The van der Waals surface area contributed by atoms with E-state index >= 15 is 0 Å². The predicted molar refractivity (Wildman–Crippen MR) is 57.8 cm³/mol. The van der Waals surface area contributed by atoms with Crippen molar-refractivity contribution in [2.75, 3.05) is 7.11 Å². The molecule has 0 aliphatic carbocycles. The molecule has 0 saturated heterocycles. The van der Waals surface area contributed by atoms with Crippen molar-refractivity contribution >= 4 is 33.5 Å². The largest absolute Gasteiger partial charge is 0.464 e. The maximum absolute atomic E-state index is 12.6. The zero-order valence-electron chi connectivity index (χ0n) is 8.14. The molecule has 0 N–H and O–H groups in total. The molecule has 0 aliphatic rings. The van der Waals surface area contributed by atoms with Gasteiger partial charge in [0, 0.05) is 5.88 Å². The van der Waals surface area contributed by atoms with E-state index in [4.69, 9.17) is 11.6 Å². The van der Waals surface area contributed by atoms with E-state index in [2.05, 4.69) is 25.7 Å². The van der Waals surface area contributed by atoms with Crippen molar-refractivity contribution in [3.63, 3.8) is 0 Å². The number of alkyl halides is 3. The van der Waals surface area contributed by atoms with E-state index in [1.807, 2.05) is 0 Å². The fourth-order valence-corrected chi connectivity index (χ4v) is 1.96. The van der Waals surface area contributed by atoms with Crippen molar-refractivity contribution in [3.8, 4) is 0 Å². The van der Waals surface area contributed by atoms with E-state index in [9.17, 15) is 13.6 Å². The molecule has 1 aromatic rings. The quantitative estimate of drug-likeness (QED) is 0.488. The molecule has 88 valence electrons. The number of ether oxygens (including phenoxy) is 1. The number of nitrogens with zero attached hydrogens (tertiary/aromatic N) is 1. The van der Waals surface area contributed by atoms with Crippen LogP contribution in [0.4, 0.5) is 8.78 Å². The Hall–Kier alpha value is -0.750. The lowest BCUT2D eigenvalue weighted by atomic mass is 10.1. The summed E-state index contributed by atoms with van der Waals surface area (Å²) in [7, 11) is 1.18. The highest BCUT2D eigenvalue weighted by Crippen LogP contribution is 2.30. The van der Waals surface area contributed by atoms with Crippen LogP contribution in [0.1, 0.15) is 28.0 Å². The van der Waals surface area contributed by atoms with Crippen LogP contribution in [-0.2, 0) is 10.6 Å². The Morgan fingerprint density at radius 3 is 2.75 bits per heavy atom. The summed E-state index contributed by atoms with van der Waals surface area (Å²) in [5.74, 6) is -0.835. The minimum Gasteiger partial charge on any atom is -0.464 e. The summed E-state index contributed by atoms with van der Waals surface area (Å²) in [5, 5.41) is 0. The van der Waals surface area contributed by atoms with Gasteiger partial charge in [-0.05, 0) is 27.6 Å². The SMILES string of the molecule is COC(=O)c1cc(CCl)c(C(F)F)c(Br)n1. The Morgan fingerprint density at radius 1 is 1.69 bits per heavy atom. The highest BCUT2D eigenvalue weighted by Gasteiger charge is 2.21. The summed E-state index contributed by atoms with van der Waals surface area (Å²) in [6.45, 7) is 0. The van der Waals surface area contributed by atoms with E-state index in [1.165, 1.54) is 13.2 Å². The molecule has 0 unspecified atom stereocenters. The minimum absolute atomic E-state index is 0.0607. The van der Waals surface area contributed by atoms with Crippen molar-refractivity contribution in [3.05, 3.63) is 27.5 Å². The number of hydrogen-bond acceptors (Lipinski definition) is 3. The van der Waals surface area contributed by atoms with Gasteiger partial charge in [0.15, 0.2) is 0 Å². The molecule has 1 heterocycles. The number of halogens is 4. The van der Waals surface area contributed by atoms with Crippen LogP contribution in [0, 0.1) is 0 Å². The molecule has 0 saturated carbocycles. The number of carbonyl (C=O) groups excluding carboxylic acids is 1. The zero-order valence-corrected chi connectivity index (χ0v) is 10.5. The molecule has 1 aromatic heterocycles. The second-order valence-electron chi connectivity index (χ2n) is 2.80. The lowest BCUT2D eigenvalue weighted by Crippen LogP contribution is -2.08. The van der Waals surface area contributed by atoms with Gasteiger partial charge in [-0.25, -0.2) is 18.6 Å². The van der Waals surface area contributed by atoms with Crippen LogP contribution in [0.15, 0.2) is 10.7 Å².